The summed E-state index contributed by atoms with van der Waals surface area (Å²) in [4.78, 5) is 103. The Hall–Kier alpha value is -11.6. The predicted octanol–water partition coefficient (Wildman–Crippen LogP) is 16.6. The Kier molecular flexibility index (Phi) is 42.7. The molecule has 0 unspecified atom stereocenters. The smallest absolute Gasteiger partial charge is 0.338 e. The number of aromatic hydroxyl groups is 1. The lowest BCUT2D eigenvalue weighted by Gasteiger charge is -2.30. The van der Waals surface area contributed by atoms with Gasteiger partial charge in [0, 0.05) is 102 Å². The Morgan fingerprint density at radius 3 is 1.23 bits per heavy atom. The van der Waals surface area contributed by atoms with Crippen LogP contribution in [0.15, 0.2) is 224 Å². The fourth-order valence-corrected chi connectivity index (χ4v) is 9.48. The first kappa shape index (κ1) is 91.5. The van der Waals surface area contributed by atoms with E-state index in [2.05, 4.69) is 78.8 Å². The Labute approximate surface area is 627 Å². The van der Waals surface area contributed by atoms with Crippen LogP contribution in [0.3, 0.4) is 0 Å². The average molecular weight is 1470 g/mol. The lowest BCUT2D eigenvalue weighted by molar-refractivity contribution is -0.206. The van der Waals surface area contributed by atoms with Gasteiger partial charge >= 0.3 is 23.9 Å². The Bertz CT molecular complexity index is 4130. The molecule has 574 valence electrons. The minimum Gasteiger partial charge on any atom is -0.508 e. The van der Waals surface area contributed by atoms with E-state index >= 15 is 0 Å². The number of aliphatic hydroxyl groups excluding tert-OH is 1. The first-order valence-electron chi connectivity index (χ1n) is 35.2. The number of aromatic carboxylic acids is 1. The van der Waals surface area contributed by atoms with Crippen molar-refractivity contribution in [2.45, 2.75) is 178 Å². The number of aliphatic hydroxyl groups is 1. The lowest BCUT2D eigenvalue weighted by atomic mass is 10.0. The van der Waals surface area contributed by atoms with Crippen molar-refractivity contribution in [1.82, 2.24) is 39.8 Å². The van der Waals surface area contributed by atoms with Crippen molar-refractivity contribution in [3.63, 3.8) is 0 Å². The fourth-order valence-electron chi connectivity index (χ4n) is 9.48. The SMILES string of the molecule is CC(=O)O.CC1=CC(=O)OC(C)(C)O1.CCCCc1ccc(-c2cc(O)cc(=O)[nH]2)cc1.CCCCc1ccc(C(=O)CC2=CC(=O)OC(C)(C)O2)cc1.CCCCc1ccc(C(=O)O)cc1.CCCCc1ccc(C(=O)n2ccnc2)cc1.CCO.Cc1ccccc1.N.O=C(n1ccnc1)n1ccnc1. The van der Waals surface area contributed by atoms with E-state index in [-0.39, 0.29) is 54.2 Å². The number of carbonyl (C=O) groups is 7. The summed E-state index contributed by atoms with van der Waals surface area (Å²) in [6.07, 6.45) is 30.2. The molecule has 0 fully saturated rings. The monoisotopic (exact) mass is 1470 g/mol. The minimum atomic E-state index is -1.02. The summed E-state index contributed by atoms with van der Waals surface area (Å²) in [5.74, 6) is -3.50. The zero-order valence-electron chi connectivity index (χ0n) is 63.6. The van der Waals surface area contributed by atoms with Gasteiger partial charge in [0.25, 0.3) is 17.4 Å². The summed E-state index contributed by atoms with van der Waals surface area (Å²) in [5, 5.41) is 33.0. The van der Waals surface area contributed by atoms with Crippen molar-refractivity contribution < 1.29 is 72.9 Å². The van der Waals surface area contributed by atoms with Gasteiger partial charge in [0.1, 0.15) is 36.2 Å². The molecule has 0 saturated carbocycles. The zero-order valence-corrected chi connectivity index (χ0v) is 63.6. The molecule has 107 heavy (non-hydrogen) atoms. The van der Waals surface area contributed by atoms with E-state index in [0.29, 0.717) is 33.9 Å². The van der Waals surface area contributed by atoms with Gasteiger partial charge in [0.2, 0.25) is 11.6 Å². The zero-order chi connectivity index (χ0) is 78.5. The number of ether oxygens (including phenoxy) is 4. The van der Waals surface area contributed by atoms with Gasteiger partial charge in [-0.05, 0) is 124 Å². The number of nitrogens with one attached hydrogen (secondary N) is 1. The fraction of sp³-hybridized carbons (Fsp3) is 0.337. The molecule has 0 aliphatic carbocycles. The molecule has 24 heteroatoms. The molecule has 0 spiro atoms. The molecule has 0 saturated heterocycles. The molecule has 8 N–H and O–H groups in total. The molecule has 0 bridgehead atoms. The van der Waals surface area contributed by atoms with Crippen molar-refractivity contribution >= 4 is 41.6 Å². The predicted molar refractivity (Wildman–Crippen MR) is 413 cm³/mol. The largest absolute Gasteiger partial charge is 0.508 e. The number of allylic oxidation sites excluding steroid dienone is 2. The quantitative estimate of drug-likeness (QED) is 0.0343. The Morgan fingerprint density at radius 2 is 0.888 bits per heavy atom. The number of cyclic esters (lactones) is 2. The molecular formula is C83H106N8O16. The molecule has 11 rings (SSSR count). The minimum absolute atomic E-state index is 0. The third-order valence-corrected chi connectivity index (χ3v) is 14.6. The van der Waals surface area contributed by atoms with Crippen molar-refractivity contribution in [2.24, 2.45) is 0 Å². The summed E-state index contributed by atoms with van der Waals surface area (Å²) >= 11 is 0. The van der Waals surface area contributed by atoms with E-state index in [4.69, 9.17) is 39.1 Å². The van der Waals surface area contributed by atoms with Gasteiger partial charge in [0.05, 0.1) is 29.8 Å². The van der Waals surface area contributed by atoms with E-state index in [1.54, 1.807) is 96.9 Å². The number of hydrogen-bond donors (Lipinski definition) is 6. The highest BCUT2D eigenvalue weighted by atomic mass is 16.7. The molecule has 4 aromatic heterocycles. The Balaban J connectivity index is 0.000000425. The number of aromatic amines is 1. The molecule has 0 radical (unpaired) electrons. The number of benzene rings is 5. The molecule has 2 aliphatic heterocycles. The number of aromatic nitrogens is 7. The van der Waals surface area contributed by atoms with Gasteiger partial charge in [-0.15, -0.1) is 0 Å². The molecule has 9 aromatic rings. The van der Waals surface area contributed by atoms with Gasteiger partial charge < -0.3 is 50.5 Å². The lowest BCUT2D eigenvalue weighted by Crippen LogP contribution is -2.34. The number of ketones is 1. The number of imidazole rings is 3. The number of carboxylic acid groups (broad SMARTS) is 2. The summed E-state index contributed by atoms with van der Waals surface area (Å²) in [5.41, 5.74) is 9.29. The number of carboxylic acids is 2. The average Bonchev–Trinajstić information content (AvgIpc) is 1.64. The number of aliphatic carboxylic acids is 1. The van der Waals surface area contributed by atoms with Crippen LogP contribution in [0.5, 0.6) is 5.75 Å². The highest BCUT2D eigenvalue weighted by molar-refractivity contribution is 5.98. The third-order valence-electron chi connectivity index (χ3n) is 14.6. The number of unbranched alkanes of at least 4 members (excludes halogenated alkanes) is 4. The number of esters is 2. The standard InChI is InChI=1S/C18H22O4.C15H17NO2.C14H16N2O.C11H14O2.C7H6N4O.C7H10O3.C7H8.C2H4O2.C2H6O.H3N/c1-4-5-6-13-7-9-14(10-8-13)16(19)11-15-12-17(20)22-18(2,3)21-15;1-2-3-4-11-5-7-12(8-6-11)14-9-13(17)10-15(18)16-14;1-2-3-4-12-5-7-13(8-6-12)14(17)16-10-9-15-11-16;1-2-3-4-9-5-7-10(8-6-9)11(12)13;12-7(10-3-1-8-5-10)11-4-2-9-6-11;1-5-4-6(8)10-7(2,3)9-5;1-7-5-3-2-4-6-7;1-2(3)4;1-2-3;/h7-10,12H,4-6,11H2,1-3H3;5-10H,2-4H2,1H3,(H2,16,17,18);5-11H,2-4H2,1H3;5-8H,2-4H2,1H3,(H,12,13);1-6H;4H,1-3H3;2-6H,1H3;1H3,(H,3,4);3H,2H2,1H3;1H3. The van der Waals surface area contributed by atoms with Crippen LogP contribution in [-0.4, -0.2) is 114 Å². The van der Waals surface area contributed by atoms with Gasteiger partial charge in [0.15, 0.2) is 5.78 Å². The van der Waals surface area contributed by atoms with Gasteiger partial charge in [-0.2, -0.15) is 0 Å². The topological polar surface area (TPSA) is 359 Å². The van der Waals surface area contributed by atoms with Gasteiger partial charge in [-0.1, -0.05) is 162 Å². The number of carbonyl (C=O) groups excluding carboxylic acids is 5. The second-order valence-corrected chi connectivity index (χ2v) is 24.9. The van der Waals surface area contributed by atoms with Crippen LogP contribution >= 0.6 is 0 Å². The van der Waals surface area contributed by atoms with Gasteiger partial charge in [-0.3, -0.25) is 32.9 Å². The first-order chi connectivity index (χ1) is 50.5. The maximum Gasteiger partial charge on any atom is 0.338 e. The van der Waals surface area contributed by atoms with Gasteiger partial charge in [-0.25, -0.2) is 34.1 Å². The molecule has 6 heterocycles. The van der Waals surface area contributed by atoms with Crippen LogP contribution in [-0.2, 0) is 59.0 Å². The summed E-state index contributed by atoms with van der Waals surface area (Å²) in [6, 6.07) is 43.4. The van der Waals surface area contributed by atoms with Crippen LogP contribution in [0.1, 0.15) is 193 Å². The van der Waals surface area contributed by atoms with E-state index in [9.17, 15) is 38.7 Å². The normalized spacial score (nSPS) is 12.2. The van der Waals surface area contributed by atoms with Crippen molar-refractivity contribution in [1.29, 1.82) is 0 Å². The van der Waals surface area contributed by atoms with E-state index < -0.39 is 29.5 Å². The second-order valence-electron chi connectivity index (χ2n) is 24.9. The summed E-state index contributed by atoms with van der Waals surface area (Å²) in [6.45, 7) is 22.2. The molecule has 0 amide bonds. The van der Waals surface area contributed by atoms with Crippen molar-refractivity contribution in [2.75, 3.05) is 6.61 Å². The van der Waals surface area contributed by atoms with Crippen molar-refractivity contribution in [3.05, 3.63) is 274 Å². The van der Waals surface area contributed by atoms with Crippen LogP contribution in [0, 0.1) is 6.92 Å². The summed E-state index contributed by atoms with van der Waals surface area (Å²) in [7, 11) is 0. The van der Waals surface area contributed by atoms with Crippen molar-refractivity contribution in [3.8, 4) is 17.0 Å². The second kappa shape index (κ2) is 49.9. The van der Waals surface area contributed by atoms with E-state index in [1.807, 2.05) is 91.0 Å². The van der Waals surface area contributed by atoms with Crippen LogP contribution < -0.4 is 11.7 Å². The maximum atomic E-state index is 12.3. The molecular weight excluding hydrogens is 1360 g/mol. The molecule has 2 aliphatic rings. The van der Waals surface area contributed by atoms with Crippen LogP contribution in [0.2, 0.25) is 0 Å². The highest BCUT2D eigenvalue weighted by Gasteiger charge is 2.31. The van der Waals surface area contributed by atoms with Crippen LogP contribution in [0.4, 0.5) is 4.79 Å². The summed E-state index contributed by atoms with van der Waals surface area (Å²) < 4.78 is 24.7. The van der Waals surface area contributed by atoms with E-state index in [1.165, 1.54) is 111 Å². The Morgan fingerprint density at radius 1 is 0.505 bits per heavy atom. The third kappa shape index (κ3) is 38.1. The highest BCUT2D eigenvalue weighted by Crippen LogP contribution is 2.26. The number of aryl methyl sites for hydroxylation is 5. The molecule has 0 atom stereocenters. The number of nitrogens with zero attached hydrogens (tertiary/aromatic N) is 6. The maximum absolute atomic E-state index is 12.3. The molecule has 5 aromatic carbocycles. The van der Waals surface area contributed by atoms with Crippen LogP contribution in [0.25, 0.3) is 11.3 Å². The number of Topliss-reactive ketones (excluding diaryl/α,β-unsaturated/α-hetero) is 1. The number of H-pyrrole nitrogens is 1. The van der Waals surface area contributed by atoms with E-state index in [0.717, 1.165) is 57.4 Å². The first-order valence-corrected chi connectivity index (χ1v) is 35.2. The molecule has 24 nitrogen and oxygen atoms in total. The number of rotatable bonds is 18. The number of hydrogen-bond acceptors (Lipinski definition) is 18. The number of pyridine rings is 1.